The van der Waals surface area contributed by atoms with Crippen LogP contribution in [-0.4, -0.2) is 33.5 Å². The van der Waals surface area contributed by atoms with Crippen LogP contribution in [0.25, 0.3) is 11.2 Å². The number of imidazole rings is 1. The summed E-state index contributed by atoms with van der Waals surface area (Å²) in [6.45, 7) is 1.90. The lowest BCUT2D eigenvalue weighted by Gasteiger charge is -2.14. The fraction of sp³-hybridized carbons (Fsp3) is 0.562. The second kappa shape index (κ2) is 6.86. The van der Waals surface area contributed by atoms with Crippen LogP contribution in [0, 0.1) is 5.92 Å². The van der Waals surface area contributed by atoms with Gasteiger partial charge in [-0.05, 0) is 32.6 Å². The van der Waals surface area contributed by atoms with Crippen LogP contribution in [0.2, 0.25) is 10.2 Å². The first-order valence-electron chi connectivity index (χ1n) is 8.10. The van der Waals surface area contributed by atoms with Crippen molar-refractivity contribution < 1.29 is 4.79 Å². The molecule has 24 heavy (non-hydrogen) atoms. The van der Waals surface area contributed by atoms with Gasteiger partial charge in [0.25, 0.3) is 0 Å². The van der Waals surface area contributed by atoms with Crippen molar-refractivity contribution >= 4 is 40.3 Å². The molecule has 6 nitrogen and oxygen atoms in total. The van der Waals surface area contributed by atoms with Crippen molar-refractivity contribution in [3.63, 3.8) is 0 Å². The van der Waals surface area contributed by atoms with Gasteiger partial charge in [0.05, 0.1) is 11.3 Å². The number of carbonyl (C=O) groups is 1. The molecule has 0 saturated heterocycles. The summed E-state index contributed by atoms with van der Waals surface area (Å²) in [7, 11) is 1.67. The largest absolute Gasteiger partial charge is 0.359 e. The number of pyridine rings is 1. The Bertz CT molecular complexity index is 773. The maximum absolute atomic E-state index is 11.8. The average Bonchev–Trinajstić information content (AvgIpc) is 3.17. The average molecular weight is 370 g/mol. The minimum absolute atomic E-state index is 0.0285. The zero-order valence-corrected chi connectivity index (χ0v) is 15.2. The standard InChI is InChI=1S/C16H21Cl2N5O/c1-8(19)5-11-12(17)13-15(22-14(11)18)23(7-21-13)10-4-3-9(6-10)16(24)20-2/h7-10H,3-6,19H2,1-2H3,(H,20,24)/t8?,9-,10?/m1/s1. The van der Waals surface area contributed by atoms with Gasteiger partial charge in [-0.15, -0.1) is 0 Å². The van der Waals surface area contributed by atoms with Gasteiger partial charge >= 0.3 is 0 Å². The number of rotatable bonds is 4. The third-order valence-corrected chi connectivity index (χ3v) is 5.35. The van der Waals surface area contributed by atoms with E-state index in [1.807, 2.05) is 11.5 Å². The van der Waals surface area contributed by atoms with Crippen molar-refractivity contribution in [2.45, 2.75) is 44.7 Å². The van der Waals surface area contributed by atoms with Gasteiger partial charge < -0.3 is 15.6 Å². The summed E-state index contributed by atoms with van der Waals surface area (Å²) < 4.78 is 1.99. The molecular weight excluding hydrogens is 349 g/mol. The number of carbonyl (C=O) groups excluding carboxylic acids is 1. The molecule has 8 heteroatoms. The molecule has 0 radical (unpaired) electrons. The van der Waals surface area contributed by atoms with Gasteiger partial charge in [-0.25, -0.2) is 9.97 Å². The molecule has 3 rings (SSSR count). The van der Waals surface area contributed by atoms with Gasteiger partial charge in [0.15, 0.2) is 5.65 Å². The molecule has 1 aliphatic rings. The second-order valence-electron chi connectivity index (χ2n) is 6.48. The minimum Gasteiger partial charge on any atom is -0.359 e. The number of fused-ring (bicyclic) bond motifs is 1. The van der Waals surface area contributed by atoms with Crippen LogP contribution in [0.4, 0.5) is 0 Å². The Balaban J connectivity index is 1.96. The van der Waals surface area contributed by atoms with Crippen molar-refractivity contribution in [1.82, 2.24) is 19.9 Å². The van der Waals surface area contributed by atoms with Gasteiger partial charge in [-0.1, -0.05) is 23.2 Å². The highest BCUT2D eigenvalue weighted by atomic mass is 35.5. The lowest BCUT2D eigenvalue weighted by molar-refractivity contribution is -0.124. The SMILES string of the molecule is CNC(=O)[C@@H]1CCC(n2cnc3c(Cl)c(CC(C)N)c(Cl)nc32)C1. The first-order valence-corrected chi connectivity index (χ1v) is 8.85. The highest BCUT2D eigenvalue weighted by Crippen LogP contribution is 2.38. The van der Waals surface area contributed by atoms with E-state index in [1.165, 1.54) is 0 Å². The second-order valence-corrected chi connectivity index (χ2v) is 7.21. The first-order chi connectivity index (χ1) is 11.4. The van der Waals surface area contributed by atoms with Gasteiger partial charge in [0.2, 0.25) is 5.91 Å². The van der Waals surface area contributed by atoms with Crippen LogP contribution in [0.1, 0.15) is 37.8 Å². The van der Waals surface area contributed by atoms with Crippen LogP contribution < -0.4 is 11.1 Å². The molecule has 2 heterocycles. The number of hydrogen-bond donors (Lipinski definition) is 2. The lowest BCUT2D eigenvalue weighted by atomic mass is 10.1. The van der Waals surface area contributed by atoms with Gasteiger partial charge in [0, 0.05) is 30.6 Å². The van der Waals surface area contributed by atoms with Crippen molar-refractivity contribution in [2.75, 3.05) is 7.05 Å². The Morgan fingerprint density at radius 1 is 1.50 bits per heavy atom. The van der Waals surface area contributed by atoms with E-state index in [0.717, 1.165) is 24.8 Å². The Labute approximate surface area is 150 Å². The number of amides is 1. The van der Waals surface area contributed by atoms with Crippen molar-refractivity contribution in [1.29, 1.82) is 0 Å². The maximum Gasteiger partial charge on any atom is 0.222 e. The smallest absolute Gasteiger partial charge is 0.222 e. The van der Waals surface area contributed by atoms with Gasteiger partial charge in [0.1, 0.15) is 10.7 Å². The van der Waals surface area contributed by atoms with Crippen LogP contribution in [0.15, 0.2) is 6.33 Å². The van der Waals surface area contributed by atoms with E-state index in [-0.39, 0.29) is 23.9 Å². The molecule has 0 aliphatic heterocycles. The van der Waals surface area contributed by atoms with E-state index in [2.05, 4.69) is 15.3 Å². The van der Waals surface area contributed by atoms with Gasteiger partial charge in [-0.2, -0.15) is 0 Å². The summed E-state index contributed by atoms with van der Waals surface area (Å²) in [4.78, 5) is 20.8. The summed E-state index contributed by atoms with van der Waals surface area (Å²) in [5, 5.41) is 3.60. The summed E-state index contributed by atoms with van der Waals surface area (Å²) in [6, 6.07) is 0.112. The molecule has 2 unspecified atom stereocenters. The van der Waals surface area contributed by atoms with Crippen LogP contribution in [0.5, 0.6) is 0 Å². The van der Waals surface area contributed by atoms with E-state index in [1.54, 1.807) is 13.4 Å². The van der Waals surface area contributed by atoms with Crippen LogP contribution in [-0.2, 0) is 11.2 Å². The molecule has 1 aliphatic carbocycles. The Morgan fingerprint density at radius 3 is 2.92 bits per heavy atom. The molecule has 0 spiro atoms. The molecule has 1 saturated carbocycles. The van der Waals surface area contributed by atoms with E-state index in [9.17, 15) is 4.79 Å². The molecule has 2 aromatic rings. The minimum atomic E-state index is -0.0653. The Morgan fingerprint density at radius 2 is 2.25 bits per heavy atom. The van der Waals surface area contributed by atoms with E-state index in [4.69, 9.17) is 28.9 Å². The van der Waals surface area contributed by atoms with E-state index >= 15 is 0 Å². The van der Waals surface area contributed by atoms with Crippen LogP contribution in [0.3, 0.4) is 0 Å². The monoisotopic (exact) mass is 369 g/mol. The molecule has 3 N–H and O–H groups in total. The molecule has 1 amide bonds. The lowest BCUT2D eigenvalue weighted by Crippen LogP contribution is -2.25. The molecule has 0 bridgehead atoms. The maximum atomic E-state index is 11.8. The molecule has 2 aromatic heterocycles. The van der Waals surface area contributed by atoms with Crippen molar-refractivity contribution in [3.05, 3.63) is 22.1 Å². The normalized spacial score (nSPS) is 22.0. The number of nitrogens with two attached hydrogens (primary N) is 1. The molecule has 130 valence electrons. The zero-order valence-electron chi connectivity index (χ0n) is 13.7. The summed E-state index contributed by atoms with van der Waals surface area (Å²) in [5.41, 5.74) is 7.90. The number of nitrogens with one attached hydrogen (secondary N) is 1. The molecule has 0 aromatic carbocycles. The number of hydrogen-bond acceptors (Lipinski definition) is 4. The molecular formula is C16H21Cl2N5O. The molecule has 3 atom stereocenters. The van der Waals surface area contributed by atoms with E-state index < -0.39 is 0 Å². The van der Waals surface area contributed by atoms with Crippen molar-refractivity contribution in [2.24, 2.45) is 11.7 Å². The summed E-state index contributed by atoms with van der Waals surface area (Å²) in [6.07, 6.45) is 4.82. The summed E-state index contributed by atoms with van der Waals surface area (Å²) in [5.74, 6) is 0.117. The van der Waals surface area contributed by atoms with Gasteiger partial charge in [-0.3, -0.25) is 4.79 Å². The predicted octanol–water partition coefficient (Wildman–Crippen LogP) is 2.71. The number of aromatic nitrogens is 3. The zero-order chi connectivity index (χ0) is 17.4. The van der Waals surface area contributed by atoms with E-state index in [0.29, 0.717) is 27.8 Å². The number of nitrogens with zero attached hydrogens (tertiary/aromatic N) is 3. The first kappa shape index (κ1) is 17.5. The Hall–Kier alpha value is -1.37. The third kappa shape index (κ3) is 3.10. The predicted molar refractivity (Wildman–Crippen MR) is 95.3 cm³/mol. The van der Waals surface area contributed by atoms with Crippen molar-refractivity contribution in [3.8, 4) is 0 Å². The highest BCUT2D eigenvalue weighted by Gasteiger charge is 2.31. The highest BCUT2D eigenvalue weighted by molar-refractivity contribution is 6.38. The third-order valence-electron chi connectivity index (χ3n) is 4.64. The summed E-state index contributed by atoms with van der Waals surface area (Å²) >= 11 is 12.8. The quantitative estimate of drug-likeness (QED) is 0.811. The number of halogens is 2. The topological polar surface area (TPSA) is 85.8 Å². The van der Waals surface area contributed by atoms with Crippen LogP contribution >= 0.6 is 23.2 Å². The molecule has 1 fully saturated rings. The fourth-order valence-electron chi connectivity index (χ4n) is 3.43. The fourth-order valence-corrected chi connectivity index (χ4v) is 4.03. The Kier molecular flexibility index (Phi) is 4.99.